The van der Waals surface area contributed by atoms with E-state index in [9.17, 15) is 4.21 Å². The molecule has 1 saturated heterocycles. The van der Waals surface area contributed by atoms with Crippen molar-refractivity contribution < 1.29 is 13.5 Å². The van der Waals surface area contributed by atoms with Crippen LogP contribution in [0.3, 0.4) is 0 Å². The van der Waals surface area contributed by atoms with Crippen molar-refractivity contribution in [3.8, 4) is 0 Å². The van der Waals surface area contributed by atoms with Gasteiger partial charge >= 0.3 is 0 Å². The Morgan fingerprint density at radius 3 is 3.14 bits per heavy atom. The topological polar surface area (TPSA) is 76.4 Å². The summed E-state index contributed by atoms with van der Waals surface area (Å²) in [6.07, 6.45) is 1.05. The van der Waals surface area contributed by atoms with E-state index >= 15 is 0 Å². The van der Waals surface area contributed by atoms with E-state index < -0.39 is 17.4 Å². The van der Waals surface area contributed by atoms with Crippen molar-refractivity contribution in [3.05, 3.63) is 12.3 Å². The molecule has 0 saturated carbocycles. The van der Waals surface area contributed by atoms with Gasteiger partial charge in [0, 0.05) is 25.4 Å². The van der Waals surface area contributed by atoms with Gasteiger partial charge in [0.15, 0.2) is 5.03 Å². The molecule has 2 atom stereocenters. The van der Waals surface area contributed by atoms with Gasteiger partial charge in [0.25, 0.3) is 0 Å². The molecule has 2 heterocycles. The molecule has 0 bridgehead atoms. The molecule has 1 aliphatic rings. The van der Waals surface area contributed by atoms with E-state index in [-0.39, 0.29) is 23.9 Å². The number of hydrogen-bond acceptors (Lipinski definition) is 4. The second kappa shape index (κ2) is 5.07. The molecule has 2 unspecified atom stereocenters. The molecule has 0 aliphatic carbocycles. The van der Waals surface area contributed by atoms with Crippen LogP contribution in [0.15, 0.2) is 17.3 Å². The van der Waals surface area contributed by atoms with Gasteiger partial charge in [-0.25, -0.2) is 8.89 Å². The normalized spacial score (nSPS) is 23.1. The first-order valence-corrected chi connectivity index (χ1v) is 4.89. The van der Waals surface area contributed by atoms with Crippen molar-refractivity contribution in [2.24, 2.45) is 0 Å². The molecule has 1 radical (unpaired) electrons. The van der Waals surface area contributed by atoms with Gasteiger partial charge < -0.3 is 9.29 Å². The Labute approximate surface area is 95.5 Å². The van der Waals surface area contributed by atoms with Crippen LogP contribution in [0.1, 0.15) is 6.35 Å². The maximum absolute atomic E-state index is 10.8. The van der Waals surface area contributed by atoms with E-state index in [4.69, 9.17) is 9.29 Å². The summed E-state index contributed by atoms with van der Waals surface area (Å²) >= 11 is -2.02. The van der Waals surface area contributed by atoms with E-state index in [1.165, 1.54) is 16.9 Å². The van der Waals surface area contributed by atoms with E-state index in [1.807, 2.05) is 0 Å². The number of aromatic nitrogens is 2. The fourth-order valence-corrected chi connectivity index (χ4v) is 1.67. The molecular weight excluding hydrogens is 201 g/mol. The molecule has 1 fully saturated rings. The molecule has 8 heteroatoms. The number of hydrogen-bond donors (Lipinski definition) is 2. The summed E-state index contributed by atoms with van der Waals surface area (Å²) in [6.45, 7) is 1.31. The predicted molar refractivity (Wildman–Crippen MR) is 50.0 cm³/mol. The quantitative estimate of drug-likeness (QED) is 0.491. The van der Waals surface area contributed by atoms with Crippen LogP contribution in [0.2, 0.25) is 0 Å². The second-order valence-electron chi connectivity index (χ2n) is 2.54. The van der Waals surface area contributed by atoms with Crippen molar-refractivity contribution in [3.63, 3.8) is 0 Å². The summed E-state index contributed by atoms with van der Waals surface area (Å²) < 4.78 is 26.3. The molecule has 1 aromatic heterocycles. The van der Waals surface area contributed by atoms with Crippen molar-refractivity contribution in [2.75, 3.05) is 13.2 Å². The Morgan fingerprint density at radius 1 is 1.79 bits per heavy atom. The van der Waals surface area contributed by atoms with Gasteiger partial charge in [-0.1, -0.05) is 0 Å². The summed E-state index contributed by atoms with van der Waals surface area (Å²) in [5.74, 6) is 0. The smallest absolute Gasteiger partial charge is 0.207 e. The largest absolute Gasteiger partial charge is 0.342 e. The number of rotatable bonds is 2. The molecule has 6 nitrogen and oxygen atoms in total. The van der Waals surface area contributed by atoms with E-state index in [2.05, 4.69) is 10.4 Å². The number of nitrogens with one attached hydrogen (secondary N) is 1. The van der Waals surface area contributed by atoms with Crippen molar-refractivity contribution in [1.29, 1.82) is 0 Å². The molecule has 2 N–H and O–H groups in total. The van der Waals surface area contributed by atoms with Gasteiger partial charge in [0.1, 0.15) is 0 Å². The molecular formula is C6H9LiN3O3S. The zero-order valence-electron chi connectivity index (χ0n) is 7.71. The van der Waals surface area contributed by atoms with Crippen LogP contribution >= 0.6 is 0 Å². The molecule has 14 heavy (non-hydrogen) atoms. The van der Waals surface area contributed by atoms with Crippen LogP contribution in [-0.2, 0) is 15.8 Å². The third kappa shape index (κ3) is 2.25. The standard InChI is InChI=1S/C6H9N3O3S.Li/c10-13(11)5-1-2-8-9(5)6-7-3-4-12-6;/h1-2,6-7H,3-4H2,(H,10,11);. The van der Waals surface area contributed by atoms with Gasteiger partial charge in [-0.15, -0.1) is 0 Å². The van der Waals surface area contributed by atoms with E-state index in [0.717, 1.165) is 6.54 Å². The van der Waals surface area contributed by atoms with Crippen molar-refractivity contribution in [1.82, 2.24) is 15.1 Å². The zero-order valence-corrected chi connectivity index (χ0v) is 8.53. The molecule has 1 aromatic rings. The number of nitrogens with zero attached hydrogens (tertiary/aromatic N) is 2. The van der Waals surface area contributed by atoms with Crippen LogP contribution in [0.4, 0.5) is 0 Å². The average Bonchev–Trinajstić information content (AvgIpc) is 2.74. The van der Waals surface area contributed by atoms with E-state index in [0.29, 0.717) is 6.61 Å². The van der Waals surface area contributed by atoms with Crippen LogP contribution in [0.25, 0.3) is 0 Å². The van der Waals surface area contributed by atoms with Gasteiger partial charge in [0.05, 0.1) is 12.8 Å². The summed E-state index contributed by atoms with van der Waals surface area (Å²) in [4.78, 5) is 0. The van der Waals surface area contributed by atoms with E-state index in [1.54, 1.807) is 0 Å². The Hall–Kier alpha value is -0.163. The second-order valence-corrected chi connectivity index (χ2v) is 3.46. The maximum Gasteiger partial charge on any atom is 0.207 e. The molecule has 73 valence electrons. The Bertz CT molecular complexity index is 326. The minimum absolute atomic E-state index is 0. The minimum Gasteiger partial charge on any atom is -0.342 e. The average molecular weight is 210 g/mol. The third-order valence-corrected chi connectivity index (χ3v) is 2.41. The molecule has 0 spiro atoms. The first kappa shape index (κ1) is 11.9. The predicted octanol–water partition coefficient (Wildman–Crippen LogP) is -0.841. The maximum atomic E-state index is 10.8. The Kier molecular flexibility index (Phi) is 4.31. The first-order valence-electron chi connectivity index (χ1n) is 3.78. The Morgan fingerprint density at radius 2 is 2.57 bits per heavy atom. The van der Waals surface area contributed by atoms with Gasteiger partial charge in [-0.2, -0.15) is 5.10 Å². The monoisotopic (exact) mass is 210 g/mol. The fourth-order valence-electron chi connectivity index (χ4n) is 1.19. The molecule has 0 aromatic carbocycles. The van der Waals surface area contributed by atoms with Crippen LogP contribution in [-0.4, -0.2) is 50.6 Å². The summed E-state index contributed by atoms with van der Waals surface area (Å²) in [6, 6.07) is 1.49. The van der Waals surface area contributed by atoms with Crippen molar-refractivity contribution in [2.45, 2.75) is 11.4 Å². The zero-order chi connectivity index (χ0) is 9.26. The number of ether oxygens (including phenoxy) is 1. The first-order chi connectivity index (χ1) is 6.29. The van der Waals surface area contributed by atoms with Gasteiger partial charge in [-0.05, 0) is 6.07 Å². The van der Waals surface area contributed by atoms with Crippen LogP contribution in [0.5, 0.6) is 0 Å². The van der Waals surface area contributed by atoms with Crippen LogP contribution in [0, 0.1) is 0 Å². The van der Waals surface area contributed by atoms with Gasteiger partial charge in [0.2, 0.25) is 17.4 Å². The SMILES string of the molecule is O=S(O)c1ccnn1C1NCCO1.[Li]. The third-order valence-electron chi connectivity index (χ3n) is 1.73. The molecule has 2 rings (SSSR count). The molecule has 0 amide bonds. The van der Waals surface area contributed by atoms with Crippen LogP contribution < -0.4 is 5.32 Å². The fraction of sp³-hybridized carbons (Fsp3) is 0.500. The minimum atomic E-state index is -2.02. The summed E-state index contributed by atoms with van der Waals surface area (Å²) in [5, 5.41) is 7.12. The van der Waals surface area contributed by atoms with Crippen molar-refractivity contribution >= 4 is 29.9 Å². The summed E-state index contributed by atoms with van der Waals surface area (Å²) in [7, 11) is 0. The van der Waals surface area contributed by atoms with Gasteiger partial charge in [-0.3, -0.25) is 5.32 Å². The Balaban J connectivity index is 0.000000980. The molecule has 1 aliphatic heterocycles. The summed E-state index contributed by atoms with van der Waals surface area (Å²) in [5.41, 5.74) is 0.